The highest BCUT2D eigenvalue weighted by atomic mass is 35.5. The molecule has 2 rings (SSSR count). The van der Waals surface area contributed by atoms with Crippen LogP contribution in [0.25, 0.3) is 10.9 Å². The third-order valence-corrected chi connectivity index (χ3v) is 2.33. The Bertz CT molecular complexity index is 423. The van der Waals surface area contributed by atoms with Gasteiger partial charge >= 0.3 is 0 Å². The van der Waals surface area contributed by atoms with Crippen LogP contribution in [0.1, 0.15) is 5.69 Å². The van der Waals surface area contributed by atoms with E-state index < -0.39 is 0 Å². The van der Waals surface area contributed by atoms with Crippen LogP contribution in [-0.2, 0) is 7.05 Å². The fourth-order valence-electron chi connectivity index (χ4n) is 1.45. The quantitative estimate of drug-likeness (QED) is 0.472. The van der Waals surface area contributed by atoms with Crippen molar-refractivity contribution < 1.29 is 17.0 Å². The standard InChI is InChI=1S/C11H12N.ClH/c1-9-7-8-10-5-3-4-6-11(10)12(9)2;/h3-8H,1-2H3;1H/q+1;/p-1. The van der Waals surface area contributed by atoms with Crippen molar-refractivity contribution in [2.45, 2.75) is 6.92 Å². The number of hydrogen-bond acceptors (Lipinski definition) is 0. The molecule has 0 saturated heterocycles. The van der Waals surface area contributed by atoms with Gasteiger partial charge in [0.25, 0.3) is 0 Å². The minimum atomic E-state index is 0. The lowest BCUT2D eigenvalue weighted by Gasteiger charge is -1.97. The number of benzene rings is 1. The Hall–Kier alpha value is -1.08. The van der Waals surface area contributed by atoms with E-state index in [9.17, 15) is 0 Å². The molecule has 1 aromatic heterocycles. The number of halogens is 1. The number of aryl methyl sites for hydroxylation is 2. The highest BCUT2D eigenvalue weighted by Gasteiger charge is 2.05. The van der Waals surface area contributed by atoms with Gasteiger partial charge < -0.3 is 12.4 Å². The summed E-state index contributed by atoms with van der Waals surface area (Å²) in [6, 6.07) is 12.7. The summed E-state index contributed by atoms with van der Waals surface area (Å²) in [5.41, 5.74) is 2.58. The number of hydrogen-bond donors (Lipinski definition) is 0. The third kappa shape index (κ3) is 1.65. The smallest absolute Gasteiger partial charge is 0.212 e. The molecule has 0 aliphatic heterocycles. The lowest BCUT2D eigenvalue weighted by Crippen LogP contribution is -3.00. The fourth-order valence-corrected chi connectivity index (χ4v) is 1.45. The second-order valence-corrected chi connectivity index (χ2v) is 3.09. The second kappa shape index (κ2) is 3.75. The summed E-state index contributed by atoms with van der Waals surface area (Å²) in [6.45, 7) is 2.12. The predicted molar refractivity (Wildman–Crippen MR) is 49.9 cm³/mol. The van der Waals surface area contributed by atoms with E-state index in [1.54, 1.807) is 0 Å². The molecular weight excluding hydrogens is 182 g/mol. The Kier molecular flexibility index (Phi) is 2.89. The van der Waals surface area contributed by atoms with Gasteiger partial charge in [0.1, 0.15) is 7.05 Å². The summed E-state index contributed by atoms with van der Waals surface area (Å²) in [5.74, 6) is 0. The zero-order valence-electron chi connectivity index (χ0n) is 7.79. The molecule has 0 N–H and O–H groups in total. The van der Waals surface area contributed by atoms with Gasteiger partial charge in [-0.3, -0.25) is 0 Å². The highest BCUT2D eigenvalue weighted by Crippen LogP contribution is 2.08. The highest BCUT2D eigenvalue weighted by molar-refractivity contribution is 5.75. The van der Waals surface area contributed by atoms with Crippen LogP contribution in [0.15, 0.2) is 36.4 Å². The van der Waals surface area contributed by atoms with Gasteiger partial charge in [-0.1, -0.05) is 12.1 Å². The van der Waals surface area contributed by atoms with Crippen LogP contribution in [0.5, 0.6) is 0 Å². The third-order valence-electron chi connectivity index (χ3n) is 2.33. The maximum absolute atomic E-state index is 2.20. The fraction of sp³-hybridized carbons (Fsp3) is 0.182. The zero-order chi connectivity index (χ0) is 8.55. The molecule has 2 heteroatoms. The Balaban J connectivity index is 0.000000845. The first-order valence-electron chi connectivity index (χ1n) is 4.13. The Morgan fingerprint density at radius 3 is 2.46 bits per heavy atom. The normalized spacial score (nSPS) is 9.69. The van der Waals surface area contributed by atoms with Gasteiger partial charge in [-0.25, -0.2) is 0 Å². The van der Waals surface area contributed by atoms with Crippen molar-refractivity contribution in [1.82, 2.24) is 0 Å². The topological polar surface area (TPSA) is 3.88 Å². The van der Waals surface area contributed by atoms with Crippen molar-refractivity contribution in [3.63, 3.8) is 0 Å². The molecule has 2 aromatic rings. The molecule has 0 unspecified atom stereocenters. The van der Waals surface area contributed by atoms with Crippen LogP contribution in [-0.4, -0.2) is 0 Å². The first-order chi connectivity index (χ1) is 5.79. The lowest BCUT2D eigenvalue weighted by molar-refractivity contribution is -0.651. The second-order valence-electron chi connectivity index (χ2n) is 3.09. The van der Waals surface area contributed by atoms with E-state index >= 15 is 0 Å². The molecule has 0 bridgehead atoms. The SMILES string of the molecule is Cc1ccc2ccccc2[n+]1C.[Cl-]. The van der Waals surface area contributed by atoms with Crippen LogP contribution in [0.3, 0.4) is 0 Å². The summed E-state index contributed by atoms with van der Waals surface area (Å²) < 4.78 is 2.20. The maximum atomic E-state index is 2.20. The van der Waals surface area contributed by atoms with Crippen LogP contribution in [0.4, 0.5) is 0 Å². The van der Waals surface area contributed by atoms with Crippen molar-refractivity contribution in [2.24, 2.45) is 7.05 Å². The largest absolute Gasteiger partial charge is 1.00 e. The van der Waals surface area contributed by atoms with Crippen LogP contribution in [0, 0.1) is 6.92 Å². The molecule has 68 valence electrons. The molecule has 0 aliphatic rings. The van der Waals surface area contributed by atoms with E-state index in [1.165, 1.54) is 16.6 Å². The molecule has 13 heavy (non-hydrogen) atoms. The molecule has 0 fully saturated rings. The number of nitrogens with zero attached hydrogens (tertiary/aromatic N) is 1. The summed E-state index contributed by atoms with van der Waals surface area (Å²) in [6.07, 6.45) is 0. The molecular formula is C11H12ClN. The molecule has 0 spiro atoms. The Labute approximate surface area is 84.4 Å². The molecule has 0 radical (unpaired) electrons. The van der Waals surface area contributed by atoms with Crippen molar-refractivity contribution in [1.29, 1.82) is 0 Å². The number of pyridine rings is 1. The van der Waals surface area contributed by atoms with E-state index in [-0.39, 0.29) is 12.4 Å². The van der Waals surface area contributed by atoms with Crippen molar-refractivity contribution in [3.8, 4) is 0 Å². The average Bonchev–Trinajstić information content (AvgIpc) is 2.12. The average molecular weight is 194 g/mol. The molecule has 0 amide bonds. The Morgan fingerprint density at radius 1 is 1.00 bits per heavy atom. The van der Waals surface area contributed by atoms with Gasteiger partial charge in [-0.2, -0.15) is 4.57 Å². The minimum Gasteiger partial charge on any atom is -1.00 e. The molecule has 1 aromatic carbocycles. The number of fused-ring (bicyclic) bond motifs is 1. The summed E-state index contributed by atoms with van der Waals surface area (Å²) in [7, 11) is 2.09. The van der Waals surface area contributed by atoms with Crippen LogP contribution >= 0.6 is 0 Å². The van der Waals surface area contributed by atoms with Gasteiger partial charge in [0, 0.05) is 24.4 Å². The molecule has 1 heterocycles. The lowest BCUT2D eigenvalue weighted by atomic mass is 10.2. The van der Waals surface area contributed by atoms with Crippen LogP contribution < -0.4 is 17.0 Å². The van der Waals surface area contributed by atoms with Gasteiger partial charge in [-0.05, 0) is 12.1 Å². The van der Waals surface area contributed by atoms with E-state index in [2.05, 4.69) is 54.9 Å². The maximum Gasteiger partial charge on any atom is 0.212 e. The van der Waals surface area contributed by atoms with Gasteiger partial charge in [-0.15, -0.1) is 0 Å². The number of aromatic nitrogens is 1. The number of rotatable bonds is 0. The zero-order valence-corrected chi connectivity index (χ0v) is 8.55. The van der Waals surface area contributed by atoms with E-state index in [0.29, 0.717) is 0 Å². The first kappa shape index (κ1) is 10.0. The van der Waals surface area contributed by atoms with Gasteiger partial charge in [0.05, 0.1) is 0 Å². The van der Waals surface area contributed by atoms with E-state index in [0.717, 1.165) is 0 Å². The molecule has 0 aliphatic carbocycles. The first-order valence-corrected chi connectivity index (χ1v) is 4.13. The molecule has 1 nitrogen and oxygen atoms in total. The van der Waals surface area contributed by atoms with E-state index in [4.69, 9.17) is 0 Å². The number of para-hydroxylation sites is 1. The van der Waals surface area contributed by atoms with Gasteiger partial charge in [0.2, 0.25) is 5.52 Å². The summed E-state index contributed by atoms with van der Waals surface area (Å²) >= 11 is 0. The van der Waals surface area contributed by atoms with Crippen LogP contribution in [0.2, 0.25) is 0 Å². The predicted octanol–water partition coefficient (Wildman–Crippen LogP) is -1.02. The van der Waals surface area contributed by atoms with Crippen molar-refractivity contribution in [3.05, 3.63) is 42.1 Å². The monoisotopic (exact) mass is 193 g/mol. The van der Waals surface area contributed by atoms with Gasteiger partial charge in [0.15, 0.2) is 5.69 Å². The molecule has 0 saturated carbocycles. The minimum absolute atomic E-state index is 0. The summed E-state index contributed by atoms with van der Waals surface area (Å²) in [4.78, 5) is 0. The Morgan fingerprint density at radius 2 is 1.69 bits per heavy atom. The summed E-state index contributed by atoms with van der Waals surface area (Å²) in [5, 5.41) is 1.30. The van der Waals surface area contributed by atoms with Crippen molar-refractivity contribution >= 4 is 10.9 Å². The van der Waals surface area contributed by atoms with Crippen molar-refractivity contribution in [2.75, 3.05) is 0 Å². The molecule has 0 atom stereocenters. The van der Waals surface area contributed by atoms with E-state index in [1.807, 2.05) is 0 Å².